The molecule has 1 nitrogen and oxygen atoms in total. The van der Waals surface area contributed by atoms with Gasteiger partial charge in [-0.1, -0.05) is 44.5 Å². The van der Waals surface area contributed by atoms with E-state index in [1.165, 1.54) is 24.8 Å². The highest BCUT2D eigenvalue weighted by atomic mass is 35.5. The van der Waals surface area contributed by atoms with Crippen molar-refractivity contribution in [1.82, 2.24) is 5.32 Å². The number of halogens is 1. The molecule has 0 spiro atoms. The topological polar surface area (TPSA) is 12.0 Å². The third-order valence-corrected chi connectivity index (χ3v) is 6.51. The molecule has 2 bridgehead atoms. The van der Waals surface area contributed by atoms with Gasteiger partial charge in [-0.15, -0.1) is 0 Å². The zero-order chi connectivity index (χ0) is 13.7. The summed E-state index contributed by atoms with van der Waals surface area (Å²) in [5.41, 5.74) is 2.28. The molecule has 2 saturated carbocycles. The monoisotopic (exact) mass is 277 g/mol. The summed E-state index contributed by atoms with van der Waals surface area (Å²) in [5.74, 6) is 0.903. The molecule has 104 valence electrons. The van der Waals surface area contributed by atoms with Crippen molar-refractivity contribution in [2.24, 2.45) is 16.7 Å². The lowest BCUT2D eigenvalue weighted by molar-refractivity contribution is 0.120. The maximum Gasteiger partial charge on any atom is 0.0406 e. The van der Waals surface area contributed by atoms with Crippen LogP contribution < -0.4 is 5.32 Å². The molecule has 0 aliphatic heterocycles. The van der Waals surface area contributed by atoms with Crippen LogP contribution in [0.1, 0.15) is 45.6 Å². The van der Waals surface area contributed by atoms with Gasteiger partial charge in [-0.2, -0.15) is 0 Å². The molecule has 0 saturated heterocycles. The van der Waals surface area contributed by atoms with Gasteiger partial charge >= 0.3 is 0 Å². The van der Waals surface area contributed by atoms with Gasteiger partial charge in [0.15, 0.2) is 0 Å². The van der Waals surface area contributed by atoms with Crippen LogP contribution in [0.3, 0.4) is 0 Å². The molecule has 0 unspecified atom stereocenters. The lowest BCUT2D eigenvalue weighted by atomic mass is 9.69. The molecule has 0 heterocycles. The molecule has 1 aromatic carbocycles. The Hall–Kier alpha value is -0.530. The van der Waals surface area contributed by atoms with Gasteiger partial charge in [-0.25, -0.2) is 0 Å². The Kier molecular flexibility index (Phi) is 3.18. The Bertz CT molecular complexity index is 465. The minimum Gasteiger partial charge on any atom is -0.309 e. The smallest absolute Gasteiger partial charge is 0.0406 e. The van der Waals surface area contributed by atoms with Crippen LogP contribution in [0.2, 0.25) is 5.02 Å². The van der Waals surface area contributed by atoms with Crippen LogP contribution in [0.15, 0.2) is 24.3 Å². The fraction of sp³-hybridized carbons (Fsp3) is 0.647. The number of benzene rings is 1. The molecule has 3 atom stereocenters. The van der Waals surface area contributed by atoms with E-state index in [9.17, 15) is 0 Å². The summed E-state index contributed by atoms with van der Waals surface area (Å²) >= 11 is 5.93. The van der Waals surface area contributed by atoms with Crippen molar-refractivity contribution in [3.8, 4) is 0 Å². The molecule has 2 heteroatoms. The third kappa shape index (κ3) is 2.02. The van der Waals surface area contributed by atoms with Crippen LogP contribution in [0.25, 0.3) is 0 Å². The fourth-order valence-corrected chi connectivity index (χ4v) is 4.48. The standard InChI is InChI=1S/C17H24ClN/c1-16(2)13-8-9-17(16,3)15(10-13)19-11-12-4-6-14(18)7-5-12/h4-7,13,15,19H,8-11H2,1-3H3/t13-,15+,17+/m0/s1. The number of fused-ring (bicyclic) bond motifs is 2. The summed E-state index contributed by atoms with van der Waals surface area (Å²) in [5, 5.41) is 4.62. The highest BCUT2D eigenvalue weighted by Gasteiger charge is 2.60. The molecule has 2 fully saturated rings. The molecular weight excluding hydrogens is 254 g/mol. The Morgan fingerprint density at radius 3 is 2.42 bits per heavy atom. The Morgan fingerprint density at radius 2 is 1.89 bits per heavy atom. The second-order valence-corrected chi connectivity index (χ2v) is 7.61. The molecule has 19 heavy (non-hydrogen) atoms. The van der Waals surface area contributed by atoms with Crippen LogP contribution in [0.4, 0.5) is 0 Å². The Morgan fingerprint density at radius 1 is 1.21 bits per heavy atom. The molecule has 2 aliphatic carbocycles. The largest absolute Gasteiger partial charge is 0.309 e. The molecule has 1 aromatic rings. The first-order chi connectivity index (χ1) is 8.93. The van der Waals surface area contributed by atoms with E-state index >= 15 is 0 Å². The summed E-state index contributed by atoms with van der Waals surface area (Å²) in [4.78, 5) is 0. The van der Waals surface area contributed by atoms with Gasteiger partial charge in [0.05, 0.1) is 0 Å². The maximum atomic E-state index is 5.93. The minimum absolute atomic E-state index is 0.462. The number of hydrogen-bond donors (Lipinski definition) is 1. The van der Waals surface area contributed by atoms with Crippen molar-refractivity contribution < 1.29 is 0 Å². The van der Waals surface area contributed by atoms with Crippen molar-refractivity contribution in [2.45, 2.75) is 52.6 Å². The van der Waals surface area contributed by atoms with Gasteiger partial charge < -0.3 is 5.32 Å². The summed E-state index contributed by atoms with van der Waals surface area (Å²) in [6, 6.07) is 8.86. The SMILES string of the molecule is CC1(C)[C@H]2CC[C@]1(C)[C@H](NCc1ccc(Cl)cc1)C2. The molecule has 1 N–H and O–H groups in total. The van der Waals surface area contributed by atoms with Crippen molar-refractivity contribution in [2.75, 3.05) is 0 Å². The van der Waals surface area contributed by atoms with E-state index in [1.54, 1.807) is 0 Å². The number of rotatable bonds is 3. The number of hydrogen-bond acceptors (Lipinski definition) is 1. The predicted molar refractivity (Wildman–Crippen MR) is 81.3 cm³/mol. The molecule has 0 aromatic heterocycles. The average molecular weight is 278 g/mol. The van der Waals surface area contributed by atoms with Gasteiger partial charge in [0.2, 0.25) is 0 Å². The normalized spacial score (nSPS) is 35.8. The predicted octanol–water partition coefficient (Wildman–Crippen LogP) is 4.64. The van der Waals surface area contributed by atoms with Gasteiger partial charge in [0.25, 0.3) is 0 Å². The maximum absolute atomic E-state index is 5.93. The van der Waals surface area contributed by atoms with E-state index in [2.05, 4.69) is 38.2 Å². The van der Waals surface area contributed by atoms with Crippen LogP contribution >= 0.6 is 11.6 Å². The van der Waals surface area contributed by atoms with Crippen molar-refractivity contribution in [3.05, 3.63) is 34.9 Å². The van der Waals surface area contributed by atoms with Gasteiger partial charge in [0, 0.05) is 17.6 Å². The summed E-state index contributed by atoms with van der Waals surface area (Å²) in [6.45, 7) is 8.38. The Balaban J connectivity index is 1.67. The van der Waals surface area contributed by atoms with Crippen molar-refractivity contribution >= 4 is 11.6 Å². The lowest BCUT2D eigenvalue weighted by Gasteiger charge is -2.39. The van der Waals surface area contributed by atoms with E-state index in [0.717, 1.165) is 17.5 Å². The van der Waals surface area contributed by atoms with Gasteiger partial charge in [0.1, 0.15) is 0 Å². The molecule has 0 radical (unpaired) electrons. The zero-order valence-corrected chi connectivity index (χ0v) is 12.9. The van der Waals surface area contributed by atoms with Crippen LogP contribution in [0, 0.1) is 16.7 Å². The molecule has 0 amide bonds. The minimum atomic E-state index is 0.462. The Labute approximate surface area is 121 Å². The molecular formula is C17H24ClN. The third-order valence-electron chi connectivity index (χ3n) is 6.26. The second kappa shape index (κ2) is 4.49. The molecule has 3 rings (SSSR count). The van der Waals surface area contributed by atoms with E-state index in [0.29, 0.717) is 16.9 Å². The average Bonchev–Trinajstić information content (AvgIpc) is 2.71. The van der Waals surface area contributed by atoms with E-state index in [1.807, 2.05) is 12.1 Å². The lowest BCUT2D eigenvalue weighted by Crippen LogP contribution is -2.44. The fourth-order valence-electron chi connectivity index (χ4n) is 4.36. The second-order valence-electron chi connectivity index (χ2n) is 7.17. The van der Waals surface area contributed by atoms with E-state index in [-0.39, 0.29) is 0 Å². The van der Waals surface area contributed by atoms with E-state index in [4.69, 9.17) is 11.6 Å². The van der Waals surface area contributed by atoms with Gasteiger partial charge in [-0.3, -0.25) is 0 Å². The summed E-state index contributed by atoms with van der Waals surface area (Å²) in [7, 11) is 0. The summed E-state index contributed by atoms with van der Waals surface area (Å²) in [6.07, 6.45) is 4.14. The van der Waals surface area contributed by atoms with Crippen LogP contribution in [0.5, 0.6) is 0 Å². The van der Waals surface area contributed by atoms with Gasteiger partial charge in [-0.05, 0) is 53.7 Å². The van der Waals surface area contributed by atoms with Crippen LogP contribution in [-0.4, -0.2) is 6.04 Å². The highest BCUT2D eigenvalue weighted by molar-refractivity contribution is 6.30. The highest BCUT2D eigenvalue weighted by Crippen LogP contribution is 2.65. The van der Waals surface area contributed by atoms with E-state index < -0.39 is 0 Å². The van der Waals surface area contributed by atoms with Crippen molar-refractivity contribution in [1.29, 1.82) is 0 Å². The zero-order valence-electron chi connectivity index (χ0n) is 12.2. The first kappa shape index (κ1) is 13.5. The summed E-state index contributed by atoms with van der Waals surface area (Å²) < 4.78 is 0. The molecule has 2 aliphatic rings. The first-order valence-corrected chi connectivity index (χ1v) is 7.79. The van der Waals surface area contributed by atoms with Crippen molar-refractivity contribution in [3.63, 3.8) is 0 Å². The number of nitrogens with one attached hydrogen (secondary N) is 1. The van der Waals surface area contributed by atoms with Crippen LogP contribution in [-0.2, 0) is 6.54 Å². The first-order valence-electron chi connectivity index (χ1n) is 7.41. The quantitative estimate of drug-likeness (QED) is 0.848.